The van der Waals surface area contributed by atoms with Gasteiger partial charge in [0.15, 0.2) is 0 Å². The third-order valence-electron chi connectivity index (χ3n) is 6.32. The zero-order valence-corrected chi connectivity index (χ0v) is 24.5. The predicted octanol–water partition coefficient (Wildman–Crippen LogP) is 4.25. The van der Waals surface area contributed by atoms with E-state index in [0.29, 0.717) is 39.1 Å². The normalized spacial score (nSPS) is 20.8. The number of aliphatic imine (C=N–C) groups is 1. The standard InChI is InChI=1S/C28H42FN5O3.C2H6/c1-5-7-13-33(4)14-8-11-32-27(36)26-25(35)19-31-17-23(16-22(6-2)10-9-21(3)29)24-18-30-12-15-34(20-24)28(26)37;1-2/h6,9-10,17,30,35H,2,5,7-8,11-16,18-20H2,1,3-4H3,(H,32,36);1-2H3/b21-9+,22-10+,24-23-,26-25+,31-17?;. The first kappa shape index (κ1) is 34.0. The van der Waals surface area contributed by atoms with Gasteiger partial charge in [0.25, 0.3) is 11.8 Å². The Morgan fingerprint density at radius 1 is 1.31 bits per heavy atom. The maximum Gasteiger partial charge on any atom is 0.263 e. The minimum absolute atomic E-state index is 0.192. The van der Waals surface area contributed by atoms with Crippen molar-refractivity contribution in [2.75, 3.05) is 59.4 Å². The molecule has 0 radical (unpaired) electrons. The zero-order chi connectivity index (χ0) is 29.2. The Bertz CT molecular complexity index is 977. The van der Waals surface area contributed by atoms with Crippen molar-refractivity contribution >= 4 is 18.0 Å². The van der Waals surface area contributed by atoms with Crippen molar-refractivity contribution in [3.05, 3.63) is 58.7 Å². The second-order valence-corrected chi connectivity index (χ2v) is 9.47. The molecule has 0 atom stereocenters. The van der Waals surface area contributed by atoms with Gasteiger partial charge in [-0.3, -0.25) is 14.6 Å². The third-order valence-corrected chi connectivity index (χ3v) is 6.32. The highest BCUT2D eigenvalue weighted by atomic mass is 19.1. The van der Waals surface area contributed by atoms with Crippen LogP contribution < -0.4 is 10.6 Å². The Morgan fingerprint density at radius 3 is 2.69 bits per heavy atom. The van der Waals surface area contributed by atoms with Gasteiger partial charge in [0, 0.05) is 38.9 Å². The van der Waals surface area contributed by atoms with Crippen molar-refractivity contribution in [2.45, 2.75) is 53.4 Å². The van der Waals surface area contributed by atoms with Crippen LogP contribution in [0.2, 0.25) is 0 Å². The number of halogens is 1. The molecule has 2 bridgehead atoms. The molecule has 1 saturated heterocycles. The lowest BCUT2D eigenvalue weighted by Crippen LogP contribution is -2.41. The molecule has 0 spiro atoms. The highest BCUT2D eigenvalue weighted by Gasteiger charge is 2.30. The Kier molecular flexibility index (Phi) is 16.6. The number of hydrogen-bond donors (Lipinski definition) is 3. The fraction of sp³-hybridized carbons (Fsp3) is 0.567. The van der Waals surface area contributed by atoms with Crippen LogP contribution in [0.5, 0.6) is 0 Å². The molecule has 2 rings (SSSR count). The summed E-state index contributed by atoms with van der Waals surface area (Å²) in [6, 6.07) is 0. The maximum absolute atomic E-state index is 13.5. The summed E-state index contributed by atoms with van der Waals surface area (Å²) in [6.45, 7) is 15.2. The highest BCUT2D eigenvalue weighted by molar-refractivity contribution is 6.19. The van der Waals surface area contributed by atoms with Crippen molar-refractivity contribution in [3.8, 4) is 0 Å². The van der Waals surface area contributed by atoms with Gasteiger partial charge < -0.3 is 25.5 Å². The van der Waals surface area contributed by atoms with E-state index in [1.807, 2.05) is 20.9 Å². The lowest BCUT2D eigenvalue weighted by molar-refractivity contribution is -0.130. The number of nitrogens with zero attached hydrogens (tertiary/aromatic N) is 3. The second kappa shape index (κ2) is 19.1. The molecule has 39 heavy (non-hydrogen) atoms. The Morgan fingerprint density at radius 2 is 2.03 bits per heavy atom. The minimum Gasteiger partial charge on any atom is -0.509 e. The molecule has 3 N–H and O–H groups in total. The number of nitrogens with one attached hydrogen (secondary N) is 2. The van der Waals surface area contributed by atoms with Crippen molar-refractivity contribution in [2.24, 2.45) is 4.99 Å². The zero-order valence-electron chi connectivity index (χ0n) is 24.5. The van der Waals surface area contributed by atoms with Gasteiger partial charge in [0.05, 0.1) is 12.4 Å². The summed E-state index contributed by atoms with van der Waals surface area (Å²) in [4.78, 5) is 34.6. The van der Waals surface area contributed by atoms with Crippen LogP contribution in [0.4, 0.5) is 4.39 Å². The molecule has 1 fully saturated rings. The lowest BCUT2D eigenvalue weighted by atomic mass is 9.99. The smallest absolute Gasteiger partial charge is 0.263 e. The number of carbonyl (C=O) groups excluding carboxylic acids is 2. The van der Waals surface area contributed by atoms with E-state index in [1.165, 1.54) is 13.0 Å². The summed E-state index contributed by atoms with van der Waals surface area (Å²) in [7, 11) is 2.05. The Hall–Kier alpha value is -3.04. The monoisotopic (exact) mass is 545 g/mol. The molecule has 2 aliphatic heterocycles. The molecule has 0 unspecified atom stereocenters. The van der Waals surface area contributed by atoms with Crippen LogP contribution in [0, 0.1) is 0 Å². The minimum atomic E-state index is -0.581. The highest BCUT2D eigenvalue weighted by Crippen LogP contribution is 2.20. The molecule has 2 aliphatic rings. The summed E-state index contributed by atoms with van der Waals surface area (Å²) in [5, 5.41) is 16.9. The molecule has 0 saturated carbocycles. The largest absolute Gasteiger partial charge is 0.509 e. The number of hydrogen-bond acceptors (Lipinski definition) is 6. The molecule has 2 amide bonds. The number of amides is 2. The van der Waals surface area contributed by atoms with Crippen LogP contribution in [-0.2, 0) is 9.59 Å². The van der Waals surface area contributed by atoms with Gasteiger partial charge in [-0.15, -0.1) is 0 Å². The van der Waals surface area contributed by atoms with E-state index in [-0.39, 0.29) is 23.7 Å². The van der Waals surface area contributed by atoms with Crippen molar-refractivity contribution < 1.29 is 19.1 Å². The van der Waals surface area contributed by atoms with E-state index in [9.17, 15) is 19.1 Å². The molecule has 8 nitrogen and oxygen atoms in total. The average molecular weight is 546 g/mol. The maximum atomic E-state index is 13.5. The van der Waals surface area contributed by atoms with Crippen LogP contribution in [0.3, 0.4) is 0 Å². The van der Waals surface area contributed by atoms with Gasteiger partial charge in [0.1, 0.15) is 11.3 Å². The first-order chi connectivity index (χ1) is 18.8. The van der Waals surface area contributed by atoms with Crippen LogP contribution in [-0.4, -0.2) is 92.3 Å². The van der Waals surface area contributed by atoms with Crippen LogP contribution in [0.1, 0.15) is 53.4 Å². The number of aliphatic hydroxyl groups is 1. The number of rotatable bonds is 12. The summed E-state index contributed by atoms with van der Waals surface area (Å²) in [6.07, 6.45) is 9.81. The lowest BCUT2D eigenvalue weighted by Gasteiger charge is -2.24. The number of fused-ring (bicyclic) bond motifs is 2. The van der Waals surface area contributed by atoms with Crippen LogP contribution in [0.15, 0.2) is 63.7 Å². The van der Waals surface area contributed by atoms with Crippen LogP contribution in [0.25, 0.3) is 0 Å². The van der Waals surface area contributed by atoms with Gasteiger partial charge >= 0.3 is 0 Å². The average Bonchev–Trinajstić information content (AvgIpc) is 3.18. The van der Waals surface area contributed by atoms with E-state index >= 15 is 0 Å². The molecule has 0 aromatic rings. The number of aliphatic hydroxyl groups excluding tert-OH is 1. The van der Waals surface area contributed by atoms with E-state index in [2.05, 4.69) is 34.0 Å². The predicted molar refractivity (Wildman–Crippen MR) is 159 cm³/mol. The van der Waals surface area contributed by atoms with Gasteiger partial charge in [-0.2, -0.15) is 0 Å². The van der Waals surface area contributed by atoms with Gasteiger partial charge in [-0.25, -0.2) is 4.39 Å². The summed E-state index contributed by atoms with van der Waals surface area (Å²) >= 11 is 0. The first-order valence-electron chi connectivity index (χ1n) is 14.0. The summed E-state index contributed by atoms with van der Waals surface area (Å²) in [5.74, 6) is -1.76. The van der Waals surface area contributed by atoms with E-state index < -0.39 is 11.8 Å². The van der Waals surface area contributed by atoms with Gasteiger partial charge in [-0.1, -0.05) is 45.9 Å². The van der Waals surface area contributed by atoms with E-state index in [4.69, 9.17) is 0 Å². The summed E-state index contributed by atoms with van der Waals surface area (Å²) < 4.78 is 13.2. The topological polar surface area (TPSA) is 97.3 Å². The molecular weight excluding hydrogens is 497 g/mol. The van der Waals surface area contributed by atoms with Crippen molar-refractivity contribution in [1.82, 2.24) is 20.4 Å². The first-order valence-corrected chi connectivity index (χ1v) is 14.0. The van der Waals surface area contributed by atoms with Crippen molar-refractivity contribution in [1.29, 1.82) is 0 Å². The number of unbranched alkanes of at least 4 members (excludes halogenated alkanes) is 1. The molecule has 0 aromatic heterocycles. The Labute approximate surface area is 234 Å². The molecule has 218 valence electrons. The van der Waals surface area contributed by atoms with Crippen molar-refractivity contribution in [3.63, 3.8) is 0 Å². The van der Waals surface area contributed by atoms with E-state index in [0.717, 1.165) is 49.1 Å². The number of allylic oxidation sites excluding steroid dienone is 6. The molecule has 2 heterocycles. The van der Waals surface area contributed by atoms with E-state index in [1.54, 1.807) is 23.3 Å². The Balaban J connectivity index is 0.00000371. The SMILES string of the molecule is C=C/C(=C\C=C(/C)F)C/C1=C2\CNCCN(C2)C(=O)/C(C(=O)NCCCN(C)CCCC)=C(/O)CN=C1.CC. The second-order valence-electron chi connectivity index (χ2n) is 9.47. The fourth-order valence-electron chi connectivity index (χ4n) is 4.12. The van der Waals surface area contributed by atoms with Gasteiger partial charge in [0.2, 0.25) is 0 Å². The molecule has 9 heteroatoms. The molecular formula is C30H48FN5O3. The molecule has 0 aromatic carbocycles. The fourth-order valence-corrected chi connectivity index (χ4v) is 4.12. The van der Waals surface area contributed by atoms with Gasteiger partial charge in [-0.05, 0) is 69.1 Å². The summed E-state index contributed by atoms with van der Waals surface area (Å²) in [5.41, 5.74) is 2.34. The number of carbonyl (C=O) groups is 2. The van der Waals surface area contributed by atoms with Crippen LogP contribution >= 0.6 is 0 Å². The molecule has 0 aliphatic carbocycles. The third kappa shape index (κ3) is 12.1. The quantitative estimate of drug-likeness (QED) is 0.194.